The molecule has 1 aliphatic carbocycles. The third-order valence-corrected chi connectivity index (χ3v) is 6.79. The second kappa shape index (κ2) is 7.63. The molecule has 0 saturated carbocycles. The van der Waals surface area contributed by atoms with Crippen molar-refractivity contribution >= 4 is 32.4 Å². The van der Waals surface area contributed by atoms with Crippen LogP contribution in [0.15, 0.2) is 54.8 Å². The molecule has 0 radical (unpaired) electrons. The van der Waals surface area contributed by atoms with Gasteiger partial charge in [0.15, 0.2) is 0 Å². The molecule has 0 bridgehead atoms. The quantitative estimate of drug-likeness (QED) is 0.579. The fourth-order valence-electron chi connectivity index (χ4n) is 3.25. The molecule has 4 rings (SSSR count). The van der Waals surface area contributed by atoms with Gasteiger partial charge in [0.2, 0.25) is 10.0 Å². The highest BCUT2D eigenvalue weighted by molar-refractivity contribution is 7.93. The summed E-state index contributed by atoms with van der Waals surface area (Å²) in [6.45, 7) is 3.16. The first kappa shape index (κ1) is 20.8. The molecule has 31 heavy (non-hydrogen) atoms. The minimum Gasteiger partial charge on any atom is -0.293 e. The third kappa shape index (κ3) is 3.59. The largest absolute Gasteiger partial charge is 0.293 e. The molecular formula is C22H18F2N4O2S. The van der Waals surface area contributed by atoms with Gasteiger partial charge in [-0.25, -0.2) is 22.2 Å². The monoisotopic (exact) mass is 440 g/mol. The van der Waals surface area contributed by atoms with E-state index >= 15 is 0 Å². The van der Waals surface area contributed by atoms with Crippen LogP contribution < -0.4 is 4.72 Å². The van der Waals surface area contributed by atoms with E-state index in [2.05, 4.69) is 15.8 Å². The zero-order valence-electron chi connectivity index (χ0n) is 16.7. The number of hydrogen-bond acceptors (Lipinski definition) is 4. The lowest BCUT2D eigenvalue weighted by molar-refractivity contribution is 0.151. The van der Waals surface area contributed by atoms with Crippen LogP contribution in [0.1, 0.15) is 31.4 Å². The van der Waals surface area contributed by atoms with Gasteiger partial charge >= 0.3 is 0 Å². The smallest absolute Gasteiger partial charge is 0.265 e. The number of hydrogen-bond donors (Lipinski definition) is 1. The topological polar surface area (TPSA) is 87.8 Å². The Balaban J connectivity index is 1.88. The van der Waals surface area contributed by atoms with E-state index in [1.807, 2.05) is 18.2 Å². The summed E-state index contributed by atoms with van der Waals surface area (Å²) in [6.07, 6.45) is 3.90. The summed E-state index contributed by atoms with van der Waals surface area (Å²) < 4.78 is 54.9. The average Bonchev–Trinajstić information content (AvgIpc) is 3.00. The van der Waals surface area contributed by atoms with E-state index in [9.17, 15) is 22.5 Å². The molecule has 2 heterocycles. The lowest BCUT2D eigenvalue weighted by atomic mass is 10.1. The second-order valence-corrected chi connectivity index (χ2v) is 9.57. The van der Waals surface area contributed by atoms with Crippen molar-refractivity contribution in [3.63, 3.8) is 0 Å². The van der Waals surface area contributed by atoms with Crippen molar-refractivity contribution in [3.8, 4) is 17.3 Å². The van der Waals surface area contributed by atoms with Crippen LogP contribution in [-0.2, 0) is 10.0 Å². The Bertz CT molecular complexity index is 1380. The van der Waals surface area contributed by atoms with Gasteiger partial charge in [0.25, 0.3) is 6.43 Å². The van der Waals surface area contributed by atoms with Gasteiger partial charge in [-0.1, -0.05) is 18.2 Å². The molecule has 2 aromatic heterocycles. The number of halogens is 2. The number of alkyl halides is 2. The number of nitrogens with zero attached hydrogens (tertiary/aromatic N) is 3. The highest BCUT2D eigenvalue weighted by Gasteiger charge is 2.24. The molecular weight excluding hydrogens is 422 g/mol. The van der Waals surface area contributed by atoms with Gasteiger partial charge < -0.3 is 0 Å². The van der Waals surface area contributed by atoms with Crippen molar-refractivity contribution < 1.29 is 17.2 Å². The van der Waals surface area contributed by atoms with Gasteiger partial charge in [-0.05, 0) is 44.2 Å². The van der Waals surface area contributed by atoms with Crippen LogP contribution in [0.2, 0.25) is 0 Å². The number of benzene rings is 1. The maximum atomic E-state index is 13.2. The molecule has 1 N–H and O–H groups in total. The number of rotatable bonds is 6. The van der Waals surface area contributed by atoms with Crippen LogP contribution in [0.3, 0.4) is 0 Å². The first-order chi connectivity index (χ1) is 14.7. The zero-order chi connectivity index (χ0) is 22.3. The molecule has 1 aromatic carbocycles. The summed E-state index contributed by atoms with van der Waals surface area (Å²) in [5.74, 6) is 0. The van der Waals surface area contributed by atoms with Gasteiger partial charge in [0.1, 0.15) is 11.7 Å². The number of nitriles is 1. The van der Waals surface area contributed by atoms with Crippen molar-refractivity contribution in [1.82, 2.24) is 9.55 Å². The average molecular weight is 440 g/mol. The Kier molecular flexibility index (Phi) is 5.11. The summed E-state index contributed by atoms with van der Waals surface area (Å²) in [5, 5.41) is 9.60. The summed E-state index contributed by atoms with van der Waals surface area (Å²) in [7, 11) is -3.50. The fourth-order valence-corrected chi connectivity index (χ4v) is 3.95. The molecule has 0 aliphatic heterocycles. The number of anilines is 1. The van der Waals surface area contributed by atoms with Crippen LogP contribution in [0, 0.1) is 11.3 Å². The number of pyridine rings is 1. The number of nitrogens with one attached hydrogen (secondary N) is 1. The van der Waals surface area contributed by atoms with Crippen molar-refractivity contribution in [3.05, 3.63) is 65.9 Å². The third-order valence-electron chi connectivity index (χ3n) is 5.02. The molecule has 0 saturated heterocycles. The standard InChI is InChI=1S/C22H18F2N4O2S/c1-13(2)31(29,30)27-16-8-6-14(7-9-16)20-19(11-25)18-10-15(21(23)24)12-26-22(18)28(20)17-4-3-5-17/h3-10,12-13,21,27H,1-2H3. The van der Waals surface area contributed by atoms with Crippen LogP contribution >= 0.6 is 0 Å². The molecule has 0 unspecified atom stereocenters. The summed E-state index contributed by atoms with van der Waals surface area (Å²) in [6, 6.07) is 9.98. The van der Waals surface area contributed by atoms with Crippen molar-refractivity contribution in [1.29, 1.82) is 5.26 Å². The Morgan fingerprint density at radius 2 is 1.87 bits per heavy atom. The fraction of sp³-hybridized carbons (Fsp3) is 0.182. The molecule has 1 aliphatic rings. The molecule has 9 heteroatoms. The number of aromatic nitrogens is 2. The second-order valence-electron chi connectivity index (χ2n) is 7.34. The highest BCUT2D eigenvalue weighted by atomic mass is 32.2. The minimum absolute atomic E-state index is 0.224. The lowest BCUT2D eigenvalue weighted by Crippen LogP contribution is -2.22. The first-order valence-electron chi connectivity index (χ1n) is 9.46. The molecule has 3 aromatic rings. The van der Waals surface area contributed by atoms with Crippen molar-refractivity contribution in [2.24, 2.45) is 0 Å². The highest BCUT2D eigenvalue weighted by Crippen LogP contribution is 2.38. The van der Waals surface area contributed by atoms with Crippen molar-refractivity contribution in [2.75, 3.05) is 4.72 Å². The SMILES string of the molecule is CC(C)S(=O)(=O)Nc1ccc(-c2c(C#N)c3cc(C(F)F)cnc3n2C2=CC=C2)cc1. The Hall–Kier alpha value is -3.51. The molecule has 0 amide bonds. The van der Waals surface area contributed by atoms with Gasteiger partial charge in [0, 0.05) is 34.1 Å². The minimum atomic E-state index is -3.50. The van der Waals surface area contributed by atoms with Gasteiger partial charge in [0.05, 0.1) is 16.5 Å². The molecule has 0 atom stereocenters. The van der Waals surface area contributed by atoms with Crippen LogP contribution in [0.5, 0.6) is 0 Å². The van der Waals surface area contributed by atoms with E-state index in [4.69, 9.17) is 0 Å². The van der Waals surface area contributed by atoms with E-state index in [-0.39, 0.29) is 11.1 Å². The van der Waals surface area contributed by atoms with Crippen molar-refractivity contribution in [2.45, 2.75) is 25.5 Å². The van der Waals surface area contributed by atoms with Gasteiger partial charge in [-0.3, -0.25) is 9.29 Å². The van der Waals surface area contributed by atoms with E-state index in [1.54, 1.807) is 42.7 Å². The molecule has 6 nitrogen and oxygen atoms in total. The Labute approximate surface area is 178 Å². The maximum absolute atomic E-state index is 13.2. The normalized spacial score (nSPS) is 13.4. The number of sulfonamides is 1. The Morgan fingerprint density at radius 3 is 2.39 bits per heavy atom. The van der Waals surface area contributed by atoms with Crippen LogP contribution in [0.4, 0.5) is 14.5 Å². The predicted molar refractivity (Wildman–Crippen MR) is 116 cm³/mol. The van der Waals surface area contributed by atoms with Gasteiger partial charge in [-0.2, -0.15) is 5.26 Å². The first-order valence-corrected chi connectivity index (χ1v) is 11.0. The number of allylic oxidation sites excluding steroid dienone is 4. The van der Waals surface area contributed by atoms with E-state index in [0.717, 1.165) is 11.9 Å². The van der Waals surface area contributed by atoms with E-state index < -0.39 is 21.7 Å². The van der Waals surface area contributed by atoms with Crippen LogP contribution in [-0.4, -0.2) is 23.2 Å². The summed E-state index contributed by atoms with van der Waals surface area (Å²) >= 11 is 0. The summed E-state index contributed by atoms with van der Waals surface area (Å²) in [4.78, 5) is 4.21. The molecule has 158 valence electrons. The lowest BCUT2D eigenvalue weighted by Gasteiger charge is -2.16. The predicted octanol–water partition coefficient (Wildman–Crippen LogP) is 5.07. The number of fused-ring (bicyclic) bond motifs is 1. The zero-order valence-corrected chi connectivity index (χ0v) is 17.5. The molecule has 0 fully saturated rings. The summed E-state index contributed by atoms with van der Waals surface area (Å²) in [5.41, 5.74) is 2.65. The van der Waals surface area contributed by atoms with Gasteiger partial charge in [-0.15, -0.1) is 0 Å². The van der Waals surface area contributed by atoms with Crippen LogP contribution in [0.25, 0.3) is 28.0 Å². The molecule has 0 spiro atoms. The maximum Gasteiger partial charge on any atom is 0.265 e. The Morgan fingerprint density at radius 1 is 1.19 bits per heavy atom. The van der Waals surface area contributed by atoms with E-state index in [1.165, 1.54) is 6.07 Å². The van der Waals surface area contributed by atoms with E-state index in [0.29, 0.717) is 28.0 Å².